The fraction of sp³-hybridized carbons (Fsp3) is 0.143. The molecule has 0 fully saturated rings. The molecule has 0 aliphatic carbocycles. The Hall–Kier alpha value is -3.41. The van der Waals surface area contributed by atoms with E-state index in [1.807, 2.05) is 42.7 Å². The number of aromatic nitrogens is 1. The van der Waals surface area contributed by atoms with Crippen LogP contribution in [0.4, 0.5) is 4.39 Å². The third-order valence-corrected chi connectivity index (χ3v) is 4.07. The summed E-state index contributed by atoms with van der Waals surface area (Å²) in [5.41, 5.74) is 5.40. The molecule has 0 saturated carbocycles. The van der Waals surface area contributed by atoms with Gasteiger partial charge in [0.1, 0.15) is 11.6 Å². The first-order valence-corrected chi connectivity index (χ1v) is 8.50. The van der Waals surface area contributed by atoms with E-state index in [0.717, 1.165) is 17.0 Å². The van der Waals surface area contributed by atoms with E-state index in [1.165, 1.54) is 6.07 Å². The molecular weight excluding hydrogens is 345 g/mol. The molecular formula is C21H20FN3O2. The maximum Gasteiger partial charge on any atom is 0.277 e. The number of rotatable bonds is 6. The molecule has 27 heavy (non-hydrogen) atoms. The summed E-state index contributed by atoms with van der Waals surface area (Å²) in [6.07, 6.45) is 1.54. The Morgan fingerprint density at radius 3 is 2.59 bits per heavy atom. The van der Waals surface area contributed by atoms with Crippen molar-refractivity contribution in [2.24, 2.45) is 5.10 Å². The van der Waals surface area contributed by atoms with Crippen molar-refractivity contribution in [3.05, 3.63) is 83.4 Å². The first-order valence-electron chi connectivity index (χ1n) is 8.50. The number of ether oxygens (including phenoxy) is 1. The third-order valence-electron chi connectivity index (χ3n) is 4.07. The number of hydrogen-bond acceptors (Lipinski definition) is 3. The molecule has 0 aliphatic heterocycles. The van der Waals surface area contributed by atoms with Crippen LogP contribution in [0.15, 0.2) is 65.8 Å². The number of carbonyl (C=O) groups is 1. The Morgan fingerprint density at radius 2 is 1.85 bits per heavy atom. The van der Waals surface area contributed by atoms with Crippen molar-refractivity contribution in [1.29, 1.82) is 0 Å². The first kappa shape index (κ1) is 18.4. The highest BCUT2D eigenvalue weighted by Crippen LogP contribution is 2.21. The molecule has 1 heterocycles. The largest absolute Gasteiger partial charge is 0.484 e. The number of nitrogens with one attached hydrogen (secondary N) is 1. The molecule has 0 atom stereocenters. The number of para-hydroxylation sites is 2. The van der Waals surface area contributed by atoms with Crippen LogP contribution < -0.4 is 10.2 Å². The van der Waals surface area contributed by atoms with Crippen LogP contribution in [0.5, 0.6) is 5.75 Å². The van der Waals surface area contributed by atoms with E-state index in [-0.39, 0.29) is 18.3 Å². The van der Waals surface area contributed by atoms with Crippen LogP contribution in [-0.2, 0) is 4.79 Å². The summed E-state index contributed by atoms with van der Waals surface area (Å²) in [4.78, 5) is 11.8. The predicted octanol–water partition coefficient (Wildman–Crippen LogP) is 3.76. The lowest BCUT2D eigenvalue weighted by Crippen LogP contribution is -2.24. The second-order valence-electron chi connectivity index (χ2n) is 6.01. The second kappa shape index (κ2) is 8.31. The fourth-order valence-corrected chi connectivity index (χ4v) is 2.79. The summed E-state index contributed by atoms with van der Waals surface area (Å²) in [7, 11) is 0. The number of halogens is 1. The number of benzene rings is 2. The minimum atomic E-state index is -0.363. The molecule has 138 valence electrons. The number of amides is 1. The molecule has 3 rings (SSSR count). The van der Waals surface area contributed by atoms with Crippen molar-refractivity contribution < 1.29 is 13.9 Å². The summed E-state index contributed by atoms with van der Waals surface area (Å²) >= 11 is 0. The molecule has 0 bridgehead atoms. The third kappa shape index (κ3) is 4.41. The van der Waals surface area contributed by atoms with Crippen molar-refractivity contribution in [3.63, 3.8) is 0 Å². The lowest BCUT2D eigenvalue weighted by atomic mass is 10.2. The maximum absolute atomic E-state index is 14.1. The Kier molecular flexibility index (Phi) is 5.66. The van der Waals surface area contributed by atoms with Gasteiger partial charge >= 0.3 is 0 Å². The van der Waals surface area contributed by atoms with Gasteiger partial charge in [0, 0.05) is 17.0 Å². The normalized spacial score (nSPS) is 10.9. The van der Waals surface area contributed by atoms with Crippen LogP contribution in [0.25, 0.3) is 5.69 Å². The molecule has 0 radical (unpaired) electrons. The molecule has 0 spiro atoms. The van der Waals surface area contributed by atoms with Crippen molar-refractivity contribution in [3.8, 4) is 11.4 Å². The number of carbonyl (C=O) groups excluding carboxylic acids is 1. The highest BCUT2D eigenvalue weighted by atomic mass is 19.1. The van der Waals surface area contributed by atoms with E-state index < -0.39 is 0 Å². The Morgan fingerprint density at radius 1 is 1.15 bits per heavy atom. The molecule has 1 amide bonds. The van der Waals surface area contributed by atoms with E-state index in [0.29, 0.717) is 11.4 Å². The van der Waals surface area contributed by atoms with Crippen LogP contribution in [0.1, 0.15) is 17.0 Å². The van der Waals surface area contributed by atoms with Crippen molar-refractivity contribution >= 4 is 12.1 Å². The van der Waals surface area contributed by atoms with Gasteiger partial charge in [0.15, 0.2) is 6.61 Å². The van der Waals surface area contributed by atoms with Gasteiger partial charge < -0.3 is 9.30 Å². The Balaban J connectivity index is 1.65. The zero-order valence-corrected chi connectivity index (χ0v) is 15.1. The van der Waals surface area contributed by atoms with Gasteiger partial charge in [-0.15, -0.1) is 0 Å². The van der Waals surface area contributed by atoms with Crippen LogP contribution in [0.3, 0.4) is 0 Å². The first-order chi connectivity index (χ1) is 13.1. The predicted molar refractivity (Wildman–Crippen MR) is 103 cm³/mol. The van der Waals surface area contributed by atoms with E-state index in [2.05, 4.69) is 10.5 Å². The fourth-order valence-electron chi connectivity index (χ4n) is 2.79. The zero-order valence-electron chi connectivity index (χ0n) is 15.1. The SMILES string of the molecule is Cc1cc(/C=N\NC(=O)COc2ccccc2)c(C)n1-c1ccccc1F. The van der Waals surface area contributed by atoms with Gasteiger partial charge in [-0.3, -0.25) is 4.79 Å². The summed E-state index contributed by atoms with van der Waals surface area (Å²) in [6, 6.07) is 17.6. The topological polar surface area (TPSA) is 55.6 Å². The van der Waals surface area contributed by atoms with Gasteiger partial charge in [0.2, 0.25) is 0 Å². The molecule has 3 aromatic rings. The van der Waals surface area contributed by atoms with Crippen molar-refractivity contribution in [1.82, 2.24) is 9.99 Å². The molecule has 0 aliphatic rings. The van der Waals surface area contributed by atoms with Crippen LogP contribution in [0.2, 0.25) is 0 Å². The summed E-state index contributed by atoms with van der Waals surface area (Å²) in [6.45, 7) is 3.64. The van der Waals surface area contributed by atoms with E-state index in [9.17, 15) is 9.18 Å². The number of hydrazone groups is 1. The van der Waals surface area contributed by atoms with Crippen molar-refractivity contribution in [2.45, 2.75) is 13.8 Å². The molecule has 2 aromatic carbocycles. The summed E-state index contributed by atoms with van der Waals surface area (Å²) in [5, 5.41) is 3.97. The maximum atomic E-state index is 14.1. The average Bonchev–Trinajstić information content (AvgIpc) is 2.95. The van der Waals surface area contributed by atoms with Crippen LogP contribution >= 0.6 is 0 Å². The second-order valence-corrected chi connectivity index (χ2v) is 6.01. The minimum absolute atomic E-state index is 0.129. The minimum Gasteiger partial charge on any atom is -0.484 e. The molecule has 5 nitrogen and oxygen atoms in total. The number of nitrogens with zero attached hydrogens (tertiary/aromatic N) is 2. The summed E-state index contributed by atoms with van der Waals surface area (Å²) in [5.74, 6) is -0.0442. The van der Waals surface area contributed by atoms with Gasteiger partial charge in [-0.05, 0) is 44.2 Å². The Bertz CT molecular complexity index is 965. The van der Waals surface area contributed by atoms with Gasteiger partial charge in [-0.1, -0.05) is 30.3 Å². The molecule has 0 unspecified atom stereocenters. The zero-order chi connectivity index (χ0) is 19.2. The highest BCUT2D eigenvalue weighted by Gasteiger charge is 2.12. The van der Waals surface area contributed by atoms with Gasteiger partial charge in [-0.25, -0.2) is 9.82 Å². The monoisotopic (exact) mass is 365 g/mol. The highest BCUT2D eigenvalue weighted by molar-refractivity contribution is 5.84. The van der Waals surface area contributed by atoms with Gasteiger partial charge in [-0.2, -0.15) is 5.10 Å². The van der Waals surface area contributed by atoms with E-state index in [1.54, 1.807) is 36.5 Å². The lowest BCUT2D eigenvalue weighted by Gasteiger charge is -2.10. The van der Waals surface area contributed by atoms with Crippen molar-refractivity contribution in [2.75, 3.05) is 6.61 Å². The molecule has 6 heteroatoms. The van der Waals surface area contributed by atoms with Gasteiger partial charge in [0.25, 0.3) is 5.91 Å². The molecule has 0 saturated heterocycles. The lowest BCUT2D eigenvalue weighted by molar-refractivity contribution is -0.123. The van der Waals surface area contributed by atoms with Gasteiger partial charge in [0.05, 0.1) is 11.9 Å². The number of hydrogen-bond donors (Lipinski definition) is 1. The van der Waals surface area contributed by atoms with E-state index >= 15 is 0 Å². The Labute approximate surface area is 157 Å². The van der Waals surface area contributed by atoms with E-state index in [4.69, 9.17) is 4.74 Å². The number of aryl methyl sites for hydroxylation is 1. The van der Waals surface area contributed by atoms with Crippen LogP contribution in [0, 0.1) is 19.7 Å². The molecule has 1 N–H and O–H groups in total. The molecule has 1 aromatic heterocycles. The van der Waals surface area contributed by atoms with Crippen LogP contribution in [-0.4, -0.2) is 23.3 Å². The average molecular weight is 365 g/mol. The summed E-state index contributed by atoms with van der Waals surface area (Å²) < 4.78 is 21.3. The standard InChI is InChI=1S/C21H20FN3O2/c1-15-12-17(16(2)25(15)20-11-7-6-10-19(20)22)13-23-24-21(26)14-27-18-8-4-3-5-9-18/h3-13H,14H2,1-2H3,(H,24,26)/b23-13-. The quantitative estimate of drug-likeness (QED) is 0.534. The smallest absolute Gasteiger partial charge is 0.277 e.